The fourth-order valence-corrected chi connectivity index (χ4v) is 6.26. The van der Waals surface area contributed by atoms with Crippen molar-refractivity contribution in [3.05, 3.63) is 125 Å². The van der Waals surface area contributed by atoms with Gasteiger partial charge < -0.3 is 29.2 Å². The minimum Gasteiger partial charge on any atom is -0.462 e. The zero-order valence-corrected chi connectivity index (χ0v) is 31.0. The van der Waals surface area contributed by atoms with E-state index in [1.54, 1.807) is 31.7 Å². The van der Waals surface area contributed by atoms with Crippen molar-refractivity contribution in [3.63, 3.8) is 0 Å². The molecular formula is C41H41BrN6O4. The van der Waals surface area contributed by atoms with Crippen LogP contribution >= 0.6 is 15.9 Å². The number of ether oxygens (including phenoxy) is 2. The monoisotopic (exact) mass is 760 g/mol. The number of nitrogens with one attached hydrogen (secondary N) is 2. The van der Waals surface area contributed by atoms with E-state index in [1.165, 1.54) is 5.69 Å². The van der Waals surface area contributed by atoms with Crippen LogP contribution < -0.4 is 4.90 Å². The van der Waals surface area contributed by atoms with Gasteiger partial charge in [0.2, 0.25) is 0 Å². The van der Waals surface area contributed by atoms with E-state index >= 15 is 0 Å². The lowest BCUT2D eigenvalue weighted by Gasteiger charge is -2.34. The first-order chi connectivity index (χ1) is 25.3. The molecule has 2 N–H and O–H groups in total. The SMILES string of the molecule is CCOC(=O)c1cc(-c2ccncc2)[nH]c1-c1ccc(Br)cc1.CCOC(=O)c1cc(-c2ccncc2)[nH]c1-c1ccc(N2CCN(C)CC2)cc1. The maximum absolute atomic E-state index is 12.6. The van der Waals surface area contributed by atoms with Crippen molar-refractivity contribution >= 4 is 33.6 Å². The Hall–Kier alpha value is -5.52. The molecule has 0 saturated carbocycles. The van der Waals surface area contributed by atoms with E-state index in [4.69, 9.17) is 9.47 Å². The molecule has 11 heteroatoms. The number of esters is 2. The average molecular weight is 762 g/mol. The van der Waals surface area contributed by atoms with Crippen molar-refractivity contribution in [2.75, 3.05) is 51.3 Å². The summed E-state index contributed by atoms with van der Waals surface area (Å²) in [5, 5.41) is 0. The molecule has 0 atom stereocenters. The first kappa shape index (κ1) is 36.3. The lowest BCUT2D eigenvalue weighted by molar-refractivity contribution is 0.0518. The van der Waals surface area contributed by atoms with Gasteiger partial charge in [-0.25, -0.2) is 9.59 Å². The second kappa shape index (κ2) is 17.1. The van der Waals surface area contributed by atoms with Crippen molar-refractivity contribution in [2.24, 2.45) is 0 Å². The van der Waals surface area contributed by atoms with E-state index in [0.29, 0.717) is 24.3 Å². The number of halogens is 1. The van der Waals surface area contributed by atoms with E-state index < -0.39 is 0 Å². The number of rotatable bonds is 9. The maximum Gasteiger partial charge on any atom is 0.340 e. The lowest BCUT2D eigenvalue weighted by Crippen LogP contribution is -2.44. The quantitative estimate of drug-likeness (QED) is 0.141. The first-order valence-corrected chi connectivity index (χ1v) is 18.0. The summed E-state index contributed by atoms with van der Waals surface area (Å²) in [6, 6.07) is 27.5. The minimum absolute atomic E-state index is 0.317. The zero-order valence-electron chi connectivity index (χ0n) is 29.4. The Morgan fingerprint density at radius 3 is 1.48 bits per heavy atom. The van der Waals surface area contributed by atoms with E-state index in [0.717, 1.165) is 75.7 Å². The van der Waals surface area contributed by atoms with Gasteiger partial charge in [0, 0.05) is 83.6 Å². The van der Waals surface area contributed by atoms with Crippen LogP contribution in [0.2, 0.25) is 0 Å². The van der Waals surface area contributed by atoms with Crippen LogP contribution in [0.1, 0.15) is 34.6 Å². The van der Waals surface area contributed by atoms with Gasteiger partial charge in [0.25, 0.3) is 0 Å². The maximum atomic E-state index is 12.6. The van der Waals surface area contributed by atoms with Gasteiger partial charge in [0.05, 0.1) is 35.7 Å². The van der Waals surface area contributed by atoms with Crippen LogP contribution in [0.4, 0.5) is 5.69 Å². The molecule has 0 unspecified atom stereocenters. The molecule has 0 spiro atoms. The summed E-state index contributed by atoms with van der Waals surface area (Å²) in [6.45, 7) is 8.50. The topological polar surface area (TPSA) is 116 Å². The molecule has 0 bridgehead atoms. The molecule has 0 aliphatic carbocycles. The van der Waals surface area contributed by atoms with Gasteiger partial charge >= 0.3 is 11.9 Å². The molecular weight excluding hydrogens is 720 g/mol. The fraction of sp³-hybridized carbons (Fsp3) is 0.220. The van der Waals surface area contributed by atoms with Gasteiger partial charge in [0.1, 0.15) is 0 Å². The standard InChI is InChI=1S/C23H26N4O2.C18H15BrN2O2/c1-3-29-23(28)20-16-21(17-8-10-24-11-9-17)25-22(20)18-4-6-19(7-5-18)27-14-12-26(2)13-15-27;1-2-23-18(22)15-11-16(12-7-9-20-10-8-12)21-17(15)13-3-5-14(19)6-4-13/h4-11,16,25H,3,12-15H2,1-2H3;3-11,21H,2H2,1H3. The van der Waals surface area contributed by atoms with E-state index in [-0.39, 0.29) is 11.9 Å². The predicted molar refractivity (Wildman–Crippen MR) is 208 cm³/mol. The molecule has 1 fully saturated rings. The number of anilines is 1. The molecule has 0 radical (unpaired) electrons. The summed E-state index contributed by atoms with van der Waals surface area (Å²) >= 11 is 3.42. The average Bonchev–Trinajstić information content (AvgIpc) is 3.84. The van der Waals surface area contributed by atoms with Crippen LogP contribution in [0.5, 0.6) is 0 Å². The fourth-order valence-electron chi connectivity index (χ4n) is 6.00. The second-order valence-corrected chi connectivity index (χ2v) is 13.1. The van der Waals surface area contributed by atoms with Crippen molar-refractivity contribution in [2.45, 2.75) is 13.8 Å². The first-order valence-electron chi connectivity index (χ1n) is 17.3. The predicted octanol–water partition coefficient (Wildman–Crippen LogP) is 8.36. The number of benzene rings is 2. The number of pyridine rings is 2. The van der Waals surface area contributed by atoms with Crippen LogP contribution in [0.3, 0.4) is 0 Å². The Labute approximate surface area is 312 Å². The van der Waals surface area contributed by atoms with Crippen LogP contribution in [0.15, 0.2) is 114 Å². The van der Waals surface area contributed by atoms with Gasteiger partial charge in [-0.05, 0) is 92.7 Å². The van der Waals surface area contributed by atoms with Crippen molar-refractivity contribution in [1.29, 1.82) is 0 Å². The summed E-state index contributed by atoms with van der Waals surface area (Å²) in [4.78, 5) is 44.4. The van der Waals surface area contributed by atoms with Crippen LogP contribution in [-0.4, -0.2) is 83.2 Å². The van der Waals surface area contributed by atoms with E-state index in [9.17, 15) is 9.59 Å². The molecule has 10 nitrogen and oxygen atoms in total. The Morgan fingerprint density at radius 2 is 1.06 bits per heavy atom. The van der Waals surface area contributed by atoms with Gasteiger partial charge in [-0.3, -0.25) is 9.97 Å². The highest BCUT2D eigenvalue weighted by Crippen LogP contribution is 2.32. The van der Waals surface area contributed by atoms with Crippen molar-refractivity contribution < 1.29 is 19.1 Å². The number of aromatic amines is 2. The van der Waals surface area contributed by atoms with Crippen molar-refractivity contribution in [3.8, 4) is 45.0 Å². The molecule has 4 aromatic heterocycles. The van der Waals surface area contributed by atoms with Crippen molar-refractivity contribution in [1.82, 2.24) is 24.8 Å². The highest BCUT2D eigenvalue weighted by molar-refractivity contribution is 9.10. The summed E-state index contributed by atoms with van der Waals surface area (Å²) < 4.78 is 11.5. The molecule has 6 aromatic rings. The minimum atomic E-state index is -0.332. The number of hydrogen-bond donors (Lipinski definition) is 2. The third-order valence-electron chi connectivity index (χ3n) is 8.77. The molecule has 0 amide bonds. The normalized spacial score (nSPS) is 12.9. The molecule has 1 aliphatic heterocycles. The molecule has 2 aromatic carbocycles. The number of piperazine rings is 1. The number of H-pyrrole nitrogens is 2. The number of hydrogen-bond acceptors (Lipinski definition) is 8. The molecule has 1 saturated heterocycles. The number of nitrogens with zero attached hydrogens (tertiary/aromatic N) is 4. The Bertz CT molecular complexity index is 2070. The van der Waals surface area contributed by atoms with Crippen LogP contribution in [-0.2, 0) is 9.47 Å². The Balaban J connectivity index is 0.000000183. The molecule has 1 aliphatic rings. The van der Waals surface area contributed by atoms with Gasteiger partial charge in [-0.15, -0.1) is 0 Å². The third kappa shape index (κ3) is 8.67. The number of carbonyl (C=O) groups is 2. The van der Waals surface area contributed by atoms with Gasteiger partial charge in [-0.1, -0.05) is 40.2 Å². The van der Waals surface area contributed by atoms with Gasteiger partial charge in [-0.2, -0.15) is 0 Å². The lowest BCUT2D eigenvalue weighted by atomic mass is 10.1. The smallest absolute Gasteiger partial charge is 0.340 e. The molecule has 266 valence electrons. The number of aromatic nitrogens is 4. The second-order valence-electron chi connectivity index (χ2n) is 12.2. The number of carbonyl (C=O) groups excluding carboxylic acids is 2. The summed E-state index contributed by atoms with van der Waals surface area (Å²) in [5.74, 6) is -0.649. The number of likely N-dealkylation sites (N-methyl/N-ethyl adjacent to an activating group) is 1. The Morgan fingerprint density at radius 1 is 0.635 bits per heavy atom. The third-order valence-corrected chi connectivity index (χ3v) is 9.29. The highest BCUT2D eigenvalue weighted by atomic mass is 79.9. The molecule has 52 heavy (non-hydrogen) atoms. The van der Waals surface area contributed by atoms with Gasteiger partial charge in [0.15, 0.2) is 0 Å². The van der Waals surface area contributed by atoms with Crippen LogP contribution in [0, 0.1) is 0 Å². The Kier molecular flexibility index (Phi) is 11.9. The summed E-state index contributed by atoms with van der Waals surface area (Å²) in [5.41, 5.74) is 9.37. The molecule has 7 rings (SSSR count). The van der Waals surface area contributed by atoms with E-state index in [1.807, 2.05) is 67.6 Å². The molecule has 5 heterocycles. The largest absolute Gasteiger partial charge is 0.462 e. The highest BCUT2D eigenvalue weighted by Gasteiger charge is 2.21. The summed E-state index contributed by atoms with van der Waals surface area (Å²) in [7, 11) is 2.16. The van der Waals surface area contributed by atoms with E-state index in [2.05, 4.69) is 77.0 Å². The van der Waals surface area contributed by atoms with Crippen LogP contribution in [0.25, 0.3) is 45.0 Å². The zero-order chi connectivity index (χ0) is 36.5. The summed E-state index contributed by atoms with van der Waals surface area (Å²) in [6.07, 6.45) is 6.93.